The topological polar surface area (TPSA) is 78.6 Å². The lowest BCUT2D eigenvalue weighted by molar-refractivity contribution is -0.121. The van der Waals surface area contributed by atoms with E-state index >= 15 is 0 Å². The maximum Gasteiger partial charge on any atom is 0.233 e. The Morgan fingerprint density at radius 1 is 1.50 bits per heavy atom. The van der Waals surface area contributed by atoms with Gasteiger partial charge in [0.15, 0.2) is 0 Å². The van der Waals surface area contributed by atoms with Crippen LogP contribution in [0.25, 0.3) is 0 Å². The standard InChI is InChI=1S/C13H27N3O2/c1-11(17)10-12-6-5-9-16(12)8-4-2-3-7-13(18)15-14/h11-12,17H,2-10,14H2,1H3,(H,15,18). The second-order valence-corrected chi connectivity index (χ2v) is 5.29. The van der Waals surface area contributed by atoms with Crippen LogP contribution in [-0.2, 0) is 4.79 Å². The molecule has 1 fully saturated rings. The first-order chi connectivity index (χ1) is 8.63. The largest absolute Gasteiger partial charge is 0.393 e. The highest BCUT2D eigenvalue weighted by molar-refractivity contribution is 5.74. The average molecular weight is 257 g/mol. The molecule has 1 aliphatic rings. The number of aliphatic hydroxyl groups excluding tert-OH is 1. The SMILES string of the molecule is CC(O)CC1CCCN1CCCCCC(=O)NN. The maximum absolute atomic E-state index is 10.9. The van der Waals surface area contributed by atoms with Gasteiger partial charge >= 0.3 is 0 Å². The van der Waals surface area contributed by atoms with Gasteiger partial charge in [-0.05, 0) is 52.1 Å². The van der Waals surface area contributed by atoms with Crippen molar-refractivity contribution in [2.24, 2.45) is 5.84 Å². The number of likely N-dealkylation sites (tertiary alicyclic amines) is 1. The van der Waals surface area contributed by atoms with Crippen LogP contribution in [0.4, 0.5) is 0 Å². The molecule has 4 N–H and O–H groups in total. The summed E-state index contributed by atoms with van der Waals surface area (Å²) in [7, 11) is 0. The van der Waals surface area contributed by atoms with E-state index in [0.29, 0.717) is 12.5 Å². The van der Waals surface area contributed by atoms with E-state index in [0.717, 1.165) is 38.8 Å². The van der Waals surface area contributed by atoms with Crippen LogP contribution in [0.15, 0.2) is 0 Å². The van der Waals surface area contributed by atoms with Gasteiger partial charge in [-0.1, -0.05) is 6.42 Å². The lowest BCUT2D eigenvalue weighted by Crippen LogP contribution is -2.32. The van der Waals surface area contributed by atoms with E-state index in [-0.39, 0.29) is 12.0 Å². The molecule has 0 aromatic heterocycles. The van der Waals surface area contributed by atoms with Crippen molar-refractivity contribution in [3.8, 4) is 0 Å². The molecule has 0 aliphatic carbocycles. The zero-order valence-electron chi connectivity index (χ0n) is 11.4. The fraction of sp³-hybridized carbons (Fsp3) is 0.923. The monoisotopic (exact) mass is 257 g/mol. The fourth-order valence-corrected chi connectivity index (χ4v) is 2.70. The zero-order chi connectivity index (χ0) is 13.4. The van der Waals surface area contributed by atoms with Crippen molar-refractivity contribution in [3.05, 3.63) is 0 Å². The van der Waals surface area contributed by atoms with E-state index in [9.17, 15) is 9.90 Å². The molecule has 1 saturated heterocycles. The van der Waals surface area contributed by atoms with Crippen molar-refractivity contribution in [2.75, 3.05) is 13.1 Å². The molecule has 1 aliphatic heterocycles. The molecule has 0 aromatic carbocycles. The van der Waals surface area contributed by atoms with E-state index in [1.54, 1.807) is 0 Å². The number of hydrogen-bond acceptors (Lipinski definition) is 4. The Kier molecular flexibility index (Phi) is 7.23. The maximum atomic E-state index is 10.9. The van der Waals surface area contributed by atoms with Gasteiger partial charge in [0.25, 0.3) is 0 Å². The van der Waals surface area contributed by atoms with Crippen LogP contribution in [0, 0.1) is 0 Å². The number of rotatable bonds is 8. The lowest BCUT2D eigenvalue weighted by Gasteiger charge is -2.25. The summed E-state index contributed by atoms with van der Waals surface area (Å²) in [4.78, 5) is 13.4. The Labute approximate surface area is 110 Å². The number of nitrogens with zero attached hydrogens (tertiary/aromatic N) is 1. The highest BCUT2D eigenvalue weighted by atomic mass is 16.3. The fourth-order valence-electron chi connectivity index (χ4n) is 2.70. The van der Waals surface area contributed by atoms with Crippen LogP contribution in [0.2, 0.25) is 0 Å². The van der Waals surface area contributed by atoms with Crippen LogP contribution in [0.1, 0.15) is 51.9 Å². The zero-order valence-corrected chi connectivity index (χ0v) is 11.4. The van der Waals surface area contributed by atoms with Crippen molar-refractivity contribution < 1.29 is 9.90 Å². The van der Waals surface area contributed by atoms with E-state index in [1.165, 1.54) is 12.8 Å². The van der Waals surface area contributed by atoms with Crippen molar-refractivity contribution in [1.82, 2.24) is 10.3 Å². The quantitative estimate of drug-likeness (QED) is 0.260. The van der Waals surface area contributed by atoms with Crippen LogP contribution in [0.3, 0.4) is 0 Å². The molecule has 0 bridgehead atoms. The number of carbonyl (C=O) groups excluding carboxylic acids is 1. The van der Waals surface area contributed by atoms with Crippen LogP contribution >= 0.6 is 0 Å². The van der Waals surface area contributed by atoms with Gasteiger partial charge in [-0.2, -0.15) is 0 Å². The first-order valence-corrected chi connectivity index (χ1v) is 7.05. The lowest BCUT2D eigenvalue weighted by atomic mass is 10.1. The number of amides is 1. The molecule has 0 saturated carbocycles. The van der Waals surface area contributed by atoms with Gasteiger partial charge in [-0.3, -0.25) is 10.2 Å². The molecule has 5 nitrogen and oxygen atoms in total. The van der Waals surface area contributed by atoms with Crippen LogP contribution in [0.5, 0.6) is 0 Å². The normalized spacial score (nSPS) is 22.1. The van der Waals surface area contributed by atoms with E-state index in [4.69, 9.17) is 5.84 Å². The second-order valence-electron chi connectivity index (χ2n) is 5.29. The summed E-state index contributed by atoms with van der Waals surface area (Å²) in [6.07, 6.45) is 6.73. The molecule has 18 heavy (non-hydrogen) atoms. The highest BCUT2D eigenvalue weighted by Gasteiger charge is 2.24. The molecule has 0 radical (unpaired) electrons. The third kappa shape index (κ3) is 5.80. The molecule has 1 amide bonds. The number of aliphatic hydroxyl groups is 1. The molecule has 1 rings (SSSR count). The van der Waals surface area contributed by atoms with Gasteiger partial charge in [0.2, 0.25) is 5.91 Å². The molecule has 5 heteroatoms. The molecule has 2 unspecified atom stereocenters. The molecular weight excluding hydrogens is 230 g/mol. The van der Waals surface area contributed by atoms with Crippen molar-refractivity contribution >= 4 is 5.91 Å². The first kappa shape index (κ1) is 15.4. The van der Waals surface area contributed by atoms with Gasteiger partial charge in [0.05, 0.1) is 6.10 Å². The number of hydrazine groups is 1. The summed E-state index contributed by atoms with van der Waals surface area (Å²) < 4.78 is 0. The van der Waals surface area contributed by atoms with Crippen molar-refractivity contribution in [1.29, 1.82) is 0 Å². The van der Waals surface area contributed by atoms with Gasteiger partial charge in [-0.15, -0.1) is 0 Å². The second kappa shape index (κ2) is 8.45. The minimum atomic E-state index is -0.205. The van der Waals surface area contributed by atoms with Gasteiger partial charge in [0, 0.05) is 12.5 Å². The number of hydrogen-bond donors (Lipinski definition) is 3. The third-order valence-electron chi connectivity index (χ3n) is 3.62. The Morgan fingerprint density at radius 2 is 2.28 bits per heavy atom. The molecule has 106 valence electrons. The number of unbranched alkanes of at least 4 members (excludes halogenated alkanes) is 2. The Balaban J connectivity index is 2.09. The minimum Gasteiger partial charge on any atom is -0.393 e. The van der Waals surface area contributed by atoms with Gasteiger partial charge in [0.1, 0.15) is 0 Å². The summed E-state index contributed by atoms with van der Waals surface area (Å²) in [5, 5.41) is 9.45. The predicted octanol–water partition coefficient (Wildman–Crippen LogP) is 0.772. The van der Waals surface area contributed by atoms with Gasteiger partial charge in [-0.25, -0.2) is 5.84 Å². The van der Waals surface area contributed by atoms with Gasteiger partial charge < -0.3 is 10.0 Å². The molecule has 2 atom stereocenters. The Hall–Kier alpha value is -0.650. The summed E-state index contributed by atoms with van der Waals surface area (Å²) in [6.45, 7) is 4.10. The predicted molar refractivity (Wildman–Crippen MR) is 71.7 cm³/mol. The van der Waals surface area contributed by atoms with E-state index in [1.807, 2.05) is 6.92 Å². The molecule has 0 spiro atoms. The first-order valence-electron chi connectivity index (χ1n) is 7.05. The van der Waals surface area contributed by atoms with Crippen molar-refractivity contribution in [2.45, 2.75) is 64.0 Å². The molecular formula is C13H27N3O2. The van der Waals surface area contributed by atoms with E-state index in [2.05, 4.69) is 10.3 Å². The highest BCUT2D eigenvalue weighted by Crippen LogP contribution is 2.21. The number of nitrogens with two attached hydrogens (primary N) is 1. The molecule has 0 aromatic rings. The Morgan fingerprint density at radius 3 is 2.94 bits per heavy atom. The minimum absolute atomic E-state index is 0.0804. The number of carbonyl (C=O) groups is 1. The van der Waals surface area contributed by atoms with Crippen LogP contribution in [-0.4, -0.2) is 41.1 Å². The van der Waals surface area contributed by atoms with E-state index < -0.39 is 0 Å². The smallest absolute Gasteiger partial charge is 0.233 e. The molecule has 1 heterocycles. The summed E-state index contributed by atoms with van der Waals surface area (Å²) >= 11 is 0. The summed E-state index contributed by atoms with van der Waals surface area (Å²) in [6, 6.07) is 0.553. The summed E-state index contributed by atoms with van der Waals surface area (Å²) in [5.74, 6) is 4.94. The average Bonchev–Trinajstić information content (AvgIpc) is 2.75. The van der Waals surface area contributed by atoms with Crippen molar-refractivity contribution in [3.63, 3.8) is 0 Å². The third-order valence-corrected chi connectivity index (χ3v) is 3.62. The Bertz CT molecular complexity index is 246. The summed E-state index contributed by atoms with van der Waals surface area (Å²) in [5.41, 5.74) is 2.15. The van der Waals surface area contributed by atoms with Crippen LogP contribution < -0.4 is 11.3 Å². The number of nitrogens with one attached hydrogen (secondary N) is 1.